The summed E-state index contributed by atoms with van der Waals surface area (Å²) in [5.74, 6) is -1.07. The second-order valence-electron chi connectivity index (χ2n) is 6.47. The highest BCUT2D eigenvalue weighted by atomic mass is 16.5. The van der Waals surface area contributed by atoms with Gasteiger partial charge in [-0.3, -0.25) is 14.3 Å². The van der Waals surface area contributed by atoms with E-state index in [2.05, 4.69) is 0 Å². The monoisotopic (exact) mass is 378 g/mol. The Morgan fingerprint density at radius 3 is 2.14 bits per heavy atom. The van der Waals surface area contributed by atoms with Gasteiger partial charge in [0, 0.05) is 12.7 Å². The van der Waals surface area contributed by atoms with Crippen LogP contribution >= 0.6 is 0 Å². The number of benzene rings is 2. The third-order valence-electron chi connectivity index (χ3n) is 4.72. The van der Waals surface area contributed by atoms with E-state index in [1.54, 1.807) is 68.0 Å². The second-order valence-corrected chi connectivity index (χ2v) is 6.47. The molecule has 144 valence electrons. The molecule has 6 nitrogen and oxygen atoms in total. The Hall–Kier alpha value is -3.41. The number of nitrogens with zero attached hydrogens (tertiary/aromatic N) is 2. The predicted molar refractivity (Wildman–Crippen MR) is 106 cm³/mol. The zero-order valence-electron chi connectivity index (χ0n) is 16.1. The van der Waals surface area contributed by atoms with Crippen molar-refractivity contribution < 1.29 is 14.3 Å². The molecule has 0 aliphatic heterocycles. The molecular formula is C22H22N2O4. The fourth-order valence-electron chi connectivity index (χ4n) is 3.11. The van der Waals surface area contributed by atoms with Crippen LogP contribution in [-0.2, 0) is 11.8 Å². The lowest BCUT2D eigenvalue weighted by Crippen LogP contribution is -2.31. The Morgan fingerprint density at radius 1 is 1.00 bits per heavy atom. The van der Waals surface area contributed by atoms with E-state index in [0.717, 1.165) is 0 Å². The van der Waals surface area contributed by atoms with Gasteiger partial charge >= 0.3 is 5.97 Å². The van der Waals surface area contributed by atoms with Crippen molar-refractivity contribution in [1.29, 1.82) is 0 Å². The van der Waals surface area contributed by atoms with Crippen molar-refractivity contribution in [3.05, 3.63) is 87.8 Å². The molecule has 0 fully saturated rings. The van der Waals surface area contributed by atoms with Crippen molar-refractivity contribution in [3.8, 4) is 5.69 Å². The molecule has 6 heteroatoms. The lowest BCUT2D eigenvalue weighted by molar-refractivity contribution is 0.0276. The molecule has 0 radical (unpaired) electrons. The SMILES string of the molecule is CCC(OC(=O)c1ccccc1)C(=O)c1c(C)n(C)n(-c2ccccc2)c1=O. The summed E-state index contributed by atoms with van der Waals surface area (Å²) in [6, 6.07) is 17.6. The van der Waals surface area contributed by atoms with Crippen molar-refractivity contribution in [2.75, 3.05) is 0 Å². The number of ketones is 1. The molecule has 1 aromatic heterocycles. The molecule has 28 heavy (non-hydrogen) atoms. The van der Waals surface area contributed by atoms with E-state index >= 15 is 0 Å². The Labute approximate surface area is 163 Å². The molecule has 3 aromatic rings. The lowest BCUT2D eigenvalue weighted by Gasteiger charge is -2.14. The smallest absolute Gasteiger partial charge is 0.338 e. The highest BCUT2D eigenvalue weighted by Crippen LogP contribution is 2.15. The van der Waals surface area contributed by atoms with Gasteiger partial charge in [-0.05, 0) is 37.6 Å². The number of aromatic nitrogens is 2. The number of Topliss-reactive ketones (excluding diaryl/α,β-unsaturated/α-hetero) is 1. The van der Waals surface area contributed by atoms with Gasteiger partial charge in [0.1, 0.15) is 5.56 Å². The summed E-state index contributed by atoms with van der Waals surface area (Å²) >= 11 is 0. The van der Waals surface area contributed by atoms with Crippen LogP contribution < -0.4 is 5.56 Å². The standard InChI is InChI=1S/C22H22N2O4/c1-4-18(28-22(27)16-11-7-5-8-12-16)20(25)19-15(2)23(3)24(21(19)26)17-13-9-6-10-14-17/h5-14,18H,4H2,1-3H3. The van der Waals surface area contributed by atoms with Gasteiger partial charge in [0.15, 0.2) is 6.10 Å². The van der Waals surface area contributed by atoms with Gasteiger partial charge in [-0.25, -0.2) is 9.48 Å². The van der Waals surface area contributed by atoms with Crippen molar-refractivity contribution in [3.63, 3.8) is 0 Å². The fraction of sp³-hybridized carbons (Fsp3) is 0.227. The molecule has 0 aliphatic carbocycles. The Morgan fingerprint density at radius 2 is 1.57 bits per heavy atom. The number of carbonyl (C=O) groups is 2. The third kappa shape index (κ3) is 3.53. The lowest BCUT2D eigenvalue weighted by atomic mass is 10.0. The average Bonchev–Trinajstić information content (AvgIpc) is 2.95. The molecule has 0 aliphatic rings. The van der Waals surface area contributed by atoms with Crippen molar-refractivity contribution in [2.45, 2.75) is 26.4 Å². The van der Waals surface area contributed by atoms with Crippen LogP contribution in [0.5, 0.6) is 0 Å². The van der Waals surface area contributed by atoms with Crippen molar-refractivity contribution in [2.24, 2.45) is 7.05 Å². The van der Waals surface area contributed by atoms with Gasteiger partial charge in [-0.2, -0.15) is 0 Å². The van der Waals surface area contributed by atoms with Gasteiger partial charge in [-0.15, -0.1) is 0 Å². The van der Waals surface area contributed by atoms with Crippen LogP contribution in [0.2, 0.25) is 0 Å². The number of hydrogen-bond acceptors (Lipinski definition) is 4. The first kappa shape index (κ1) is 19.4. The Balaban J connectivity index is 1.95. The summed E-state index contributed by atoms with van der Waals surface area (Å²) in [6.45, 7) is 3.45. The van der Waals surface area contributed by atoms with Gasteiger partial charge in [-0.1, -0.05) is 43.3 Å². The number of esters is 1. The maximum absolute atomic E-state index is 13.1. The fourth-order valence-corrected chi connectivity index (χ4v) is 3.11. The number of rotatable bonds is 6. The minimum Gasteiger partial charge on any atom is -0.450 e. The Kier molecular flexibility index (Phi) is 5.59. The molecule has 1 atom stereocenters. The molecule has 0 amide bonds. The zero-order valence-corrected chi connectivity index (χ0v) is 16.1. The van der Waals surface area contributed by atoms with E-state index < -0.39 is 23.4 Å². The van der Waals surface area contributed by atoms with Crippen LogP contribution in [-0.4, -0.2) is 27.2 Å². The maximum atomic E-state index is 13.1. The average molecular weight is 378 g/mol. The largest absolute Gasteiger partial charge is 0.450 e. The van der Waals surface area contributed by atoms with Crippen LogP contribution in [0.3, 0.4) is 0 Å². The molecule has 0 N–H and O–H groups in total. The van der Waals surface area contributed by atoms with Gasteiger partial charge in [0.2, 0.25) is 5.78 Å². The van der Waals surface area contributed by atoms with E-state index in [1.165, 1.54) is 4.68 Å². The highest BCUT2D eigenvalue weighted by Gasteiger charge is 2.30. The summed E-state index contributed by atoms with van der Waals surface area (Å²) in [4.78, 5) is 38.4. The van der Waals surface area contributed by atoms with Gasteiger partial charge in [0.05, 0.1) is 11.3 Å². The molecule has 0 spiro atoms. The first-order chi connectivity index (χ1) is 13.5. The zero-order chi connectivity index (χ0) is 20.3. The number of carbonyl (C=O) groups excluding carboxylic acids is 2. The topological polar surface area (TPSA) is 70.3 Å². The molecule has 3 rings (SSSR count). The minimum absolute atomic E-state index is 0.0408. The molecule has 0 bridgehead atoms. The van der Waals surface area contributed by atoms with E-state index in [9.17, 15) is 14.4 Å². The predicted octanol–water partition coefficient (Wildman–Crippen LogP) is 3.30. The summed E-state index contributed by atoms with van der Waals surface area (Å²) in [5.41, 5.74) is 1.16. The van der Waals surface area contributed by atoms with E-state index in [-0.39, 0.29) is 12.0 Å². The third-order valence-corrected chi connectivity index (χ3v) is 4.72. The molecule has 0 saturated carbocycles. The number of ether oxygens (including phenoxy) is 1. The molecule has 2 aromatic carbocycles. The van der Waals surface area contributed by atoms with Crippen LogP contribution in [0.25, 0.3) is 5.69 Å². The van der Waals surface area contributed by atoms with Crippen molar-refractivity contribution in [1.82, 2.24) is 9.36 Å². The minimum atomic E-state index is -1.02. The van der Waals surface area contributed by atoms with Crippen LogP contribution in [0.1, 0.15) is 39.8 Å². The normalized spacial score (nSPS) is 11.8. The summed E-state index contributed by atoms with van der Waals surface area (Å²) in [6.07, 6.45) is -0.748. The van der Waals surface area contributed by atoms with Crippen LogP contribution in [0, 0.1) is 6.92 Å². The first-order valence-corrected chi connectivity index (χ1v) is 9.10. The molecule has 1 unspecified atom stereocenters. The summed E-state index contributed by atoms with van der Waals surface area (Å²) in [7, 11) is 1.72. The number of hydrogen-bond donors (Lipinski definition) is 0. The Bertz CT molecular complexity index is 1050. The van der Waals surface area contributed by atoms with Crippen LogP contribution in [0.15, 0.2) is 65.5 Å². The van der Waals surface area contributed by atoms with Crippen molar-refractivity contribution >= 4 is 11.8 Å². The molecular weight excluding hydrogens is 356 g/mol. The van der Waals surface area contributed by atoms with Gasteiger partial charge in [0.25, 0.3) is 5.56 Å². The quantitative estimate of drug-likeness (QED) is 0.487. The first-order valence-electron chi connectivity index (χ1n) is 9.10. The molecule has 0 saturated heterocycles. The summed E-state index contributed by atoms with van der Waals surface area (Å²) < 4.78 is 8.50. The highest BCUT2D eigenvalue weighted by molar-refractivity contribution is 6.02. The second kappa shape index (κ2) is 8.08. The summed E-state index contributed by atoms with van der Waals surface area (Å²) in [5, 5.41) is 0. The van der Waals surface area contributed by atoms with E-state index in [4.69, 9.17) is 4.74 Å². The van der Waals surface area contributed by atoms with E-state index in [1.807, 2.05) is 18.2 Å². The molecule has 1 heterocycles. The van der Waals surface area contributed by atoms with Gasteiger partial charge < -0.3 is 4.74 Å². The number of para-hydroxylation sites is 1. The van der Waals surface area contributed by atoms with Crippen LogP contribution in [0.4, 0.5) is 0 Å². The van der Waals surface area contributed by atoms with E-state index in [0.29, 0.717) is 16.9 Å². The maximum Gasteiger partial charge on any atom is 0.338 e.